The number of rotatable bonds is 3. The smallest absolute Gasteiger partial charge is 0.322 e. The molecular formula is C16H23N5O3. The van der Waals surface area contributed by atoms with E-state index in [0.717, 1.165) is 41.2 Å². The minimum Gasteiger partial charge on any atom is -0.322 e. The maximum absolute atomic E-state index is 12.6. The van der Waals surface area contributed by atoms with Crippen molar-refractivity contribution in [1.82, 2.24) is 25.5 Å². The van der Waals surface area contributed by atoms with Crippen LogP contribution in [0.3, 0.4) is 0 Å². The van der Waals surface area contributed by atoms with Gasteiger partial charge in [0.15, 0.2) is 0 Å². The Balaban J connectivity index is 1.70. The van der Waals surface area contributed by atoms with Crippen molar-refractivity contribution in [2.24, 2.45) is 7.05 Å². The van der Waals surface area contributed by atoms with Crippen molar-refractivity contribution in [3.63, 3.8) is 0 Å². The Kier molecular flexibility index (Phi) is 4.06. The van der Waals surface area contributed by atoms with E-state index in [1.54, 1.807) is 4.68 Å². The Morgan fingerprint density at radius 3 is 2.50 bits per heavy atom. The topological polar surface area (TPSA) is 96.3 Å². The van der Waals surface area contributed by atoms with Crippen LogP contribution in [0, 0.1) is 13.8 Å². The third kappa shape index (κ3) is 2.65. The lowest BCUT2D eigenvalue weighted by Crippen LogP contribution is -2.51. The van der Waals surface area contributed by atoms with Gasteiger partial charge in [-0.05, 0) is 26.7 Å². The van der Waals surface area contributed by atoms with Gasteiger partial charge in [0, 0.05) is 18.3 Å². The zero-order valence-corrected chi connectivity index (χ0v) is 14.3. The van der Waals surface area contributed by atoms with Crippen molar-refractivity contribution in [3.05, 3.63) is 17.0 Å². The van der Waals surface area contributed by atoms with Crippen molar-refractivity contribution in [2.75, 3.05) is 0 Å². The van der Waals surface area contributed by atoms with E-state index in [-0.39, 0.29) is 12.3 Å². The lowest BCUT2D eigenvalue weighted by Gasteiger charge is -2.30. The molecule has 3 rings (SSSR count). The number of aryl methyl sites for hydroxylation is 2. The van der Waals surface area contributed by atoms with E-state index in [2.05, 4.69) is 15.8 Å². The average Bonchev–Trinajstić information content (AvgIpc) is 2.90. The summed E-state index contributed by atoms with van der Waals surface area (Å²) in [4.78, 5) is 37.1. The maximum atomic E-state index is 12.6. The Bertz CT molecular complexity index is 703. The number of hydrogen-bond acceptors (Lipinski definition) is 4. The van der Waals surface area contributed by atoms with Gasteiger partial charge >= 0.3 is 6.03 Å². The number of aromatic nitrogens is 2. The lowest BCUT2D eigenvalue weighted by atomic mass is 9.82. The number of imide groups is 1. The fourth-order valence-corrected chi connectivity index (χ4v) is 3.61. The SMILES string of the molecule is Cc1nn(C)c(C)c1CC(=O)NN1C(=O)NC2(CCCCC2)C1=O. The molecule has 2 aliphatic rings. The molecular weight excluding hydrogens is 310 g/mol. The van der Waals surface area contributed by atoms with Gasteiger partial charge < -0.3 is 5.32 Å². The predicted octanol–water partition coefficient (Wildman–Crippen LogP) is 0.865. The van der Waals surface area contributed by atoms with E-state index in [1.165, 1.54) is 0 Å². The van der Waals surface area contributed by atoms with E-state index in [9.17, 15) is 14.4 Å². The lowest BCUT2D eigenvalue weighted by molar-refractivity contribution is -0.139. The quantitative estimate of drug-likeness (QED) is 0.802. The number of urea groups is 1. The molecule has 4 amide bonds. The molecule has 0 bridgehead atoms. The number of hydrazine groups is 1. The molecule has 2 N–H and O–H groups in total. The van der Waals surface area contributed by atoms with Crippen LogP contribution in [-0.2, 0) is 23.1 Å². The first-order valence-corrected chi connectivity index (χ1v) is 8.29. The van der Waals surface area contributed by atoms with Gasteiger partial charge in [0.05, 0.1) is 12.1 Å². The summed E-state index contributed by atoms with van der Waals surface area (Å²) in [5.41, 5.74) is 4.10. The number of amides is 4. The molecule has 24 heavy (non-hydrogen) atoms. The Morgan fingerprint density at radius 1 is 1.25 bits per heavy atom. The minimum absolute atomic E-state index is 0.0789. The predicted molar refractivity (Wildman–Crippen MR) is 85.7 cm³/mol. The zero-order valence-electron chi connectivity index (χ0n) is 14.3. The molecule has 130 valence electrons. The number of carbonyl (C=O) groups is 3. The summed E-state index contributed by atoms with van der Waals surface area (Å²) >= 11 is 0. The van der Waals surface area contributed by atoms with Gasteiger partial charge in [0.25, 0.3) is 5.91 Å². The summed E-state index contributed by atoms with van der Waals surface area (Å²) in [6.07, 6.45) is 4.21. The highest BCUT2D eigenvalue weighted by Crippen LogP contribution is 2.33. The fraction of sp³-hybridized carbons (Fsp3) is 0.625. The van der Waals surface area contributed by atoms with Crippen LogP contribution in [0.4, 0.5) is 4.79 Å². The van der Waals surface area contributed by atoms with Crippen molar-refractivity contribution in [2.45, 2.75) is 57.9 Å². The molecule has 0 radical (unpaired) electrons. The first-order chi connectivity index (χ1) is 11.3. The number of nitrogens with one attached hydrogen (secondary N) is 2. The molecule has 1 aromatic heterocycles. The fourth-order valence-electron chi connectivity index (χ4n) is 3.61. The number of nitrogens with zero attached hydrogens (tertiary/aromatic N) is 3. The van der Waals surface area contributed by atoms with Crippen molar-refractivity contribution in [3.8, 4) is 0 Å². The number of hydrogen-bond donors (Lipinski definition) is 2. The monoisotopic (exact) mass is 333 g/mol. The molecule has 0 aromatic carbocycles. The molecule has 1 aliphatic carbocycles. The van der Waals surface area contributed by atoms with Crippen molar-refractivity contribution >= 4 is 17.8 Å². The summed E-state index contributed by atoms with van der Waals surface area (Å²) in [7, 11) is 1.81. The molecule has 0 atom stereocenters. The highest BCUT2D eigenvalue weighted by Gasteiger charge is 2.52. The van der Waals surface area contributed by atoms with Crippen LogP contribution in [0.15, 0.2) is 0 Å². The largest absolute Gasteiger partial charge is 0.344 e. The van der Waals surface area contributed by atoms with Crippen LogP contribution in [-0.4, -0.2) is 38.2 Å². The van der Waals surface area contributed by atoms with E-state index in [0.29, 0.717) is 12.8 Å². The van der Waals surface area contributed by atoms with Crippen LogP contribution in [0.25, 0.3) is 0 Å². The van der Waals surface area contributed by atoms with Gasteiger partial charge in [-0.15, -0.1) is 0 Å². The summed E-state index contributed by atoms with van der Waals surface area (Å²) in [6, 6.07) is -0.546. The van der Waals surface area contributed by atoms with Crippen LogP contribution < -0.4 is 10.7 Å². The van der Waals surface area contributed by atoms with E-state index >= 15 is 0 Å². The van der Waals surface area contributed by atoms with E-state index in [4.69, 9.17) is 0 Å². The molecule has 2 fully saturated rings. The summed E-state index contributed by atoms with van der Waals surface area (Å²) < 4.78 is 1.71. The zero-order chi connectivity index (χ0) is 17.5. The second-order valence-electron chi connectivity index (χ2n) is 6.70. The van der Waals surface area contributed by atoms with Gasteiger partial charge in [-0.3, -0.25) is 19.7 Å². The molecule has 1 aromatic rings. The Labute approximate surface area is 140 Å². The van der Waals surface area contributed by atoms with Gasteiger partial charge in [0.2, 0.25) is 5.91 Å². The molecule has 0 unspecified atom stereocenters. The van der Waals surface area contributed by atoms with E-state index in [1.807, 2.05) is 20.9 Å². The molecule has 8 heteroatoms. The summed E-state index contributed by atoms with van der Waals surface area (Å²) in [5.74, 6) is -0.745. The van der Waals surface area contributed by atoms with Gasteiger partial charge in [-0.1, -0.05) is 19.3 Å². The first kappa shape index (κ1) is 16.5. The molecule has 2 heterocycles. The number of carbonyl (C=O) groups excluding carboxylic acids is 3. The average molecular weight is 333 g/mol. The highest BCUT2D eigenvalue weighted by molar-refractivity contribution is 6.08. The van der Waals surface area contributed by atoms with Gasteiger partial charge in [-0.2, -0.15) is 10.1 Å². The van der Waals surface area contributed by atoms with Crippen LogP contribution in [0.5, 0.6) is 0 Å². The standard InChI is InChI=1S/C16H23N5O3/c1-10-12(11(2)20(3)18-10)9-13(22)19-21-14(23)16(17-15(21)24)7-5-4-6-8-16/h4-9H2,1-3H3,(H,17,24)(H,19,22). The maximum Gasteiger partial charge on any atom is 0.344 e. The van der Waals surface area contributed by atoms with E-state index < -0.39 is 17.5 Å². The molecule has 1 aliphatic heterocycles. The Morgan fingerprint density at radius 2 is 1.92 bits per heavy atom. The molecule has 8 nitrogen and oxygen atoms in total. The third-order valence-corrected chi connectivity index (χ3v) is 5.10. The first-order valence-electron chi connectivity index (χ1n) is 8.29. The summed E-state index contributed by atoms with van der Waals surface area (Å²) in [6.45, 7) is 3.72. The minimum atomic E-state index is -0.831. The Hall–Kier alpha value is -2.38. The molecule has 1 saturated carbocycles. The van der Waals surface area contributed by atoms with Crippen LogP contribution in [0.2, 0.25) is 0 Å². The second-order valence-corrected chi connectivity index (χ2v) is 6.70. The normalized spacial score (nSPS) is 19.7. The summed E-state index contributed by atoms with van der Waals surface area (Å²) in [5, 5.41) is 7.88. The molecule has 1 saturated heterocycles. The van der Waals surface area contributed by atoms with Crippen molar-refractivity contribution < 1.29 is 14.4 Å². The highest BCUT2D eigenvalue weighted by atomic mass is 16.2. The van der Waals surface area contributed by atoms with Gasteiger partial charge in [0.1, 0.15) is 5.54 Å². The van der Waals surface area contributed by atoms with Gasteiger partial charge in [-0.25, -0.2) is 4.79 Å². The van der Waals surface area contributed by atoms with Crippen LogP contribution in [0.1, 0.15) is 49.1 Å². The van der Waals surface area contributed by atoms with Crippen molar-refractivity contribution in [1.29, 1.82) is 0 Å². The molecule has 1 spiro atoms. The third-order valence-electron chi connectivity index (χ3n) is 5.10. The van der Waals surface area contributed by atoms with Crippen LogP contribution >= 0.6 is 0 Å². The second kappa shape index (κ2) is 5.92.